The number of nitrogens with one attached hydrogen (secondary N) is 2. The van der Waals surface area contributed by atoms with Crippen molar-refractivity contribution < 1.29 is 31.9 Å². The fourth-order valence-corrected chi connectivity index (χ4v) is 7.42. The minimum Gasteiger partial charge on any atom is -0.497 e. The van der Waals surface area contributed by atoms with Crippen LogP contribution in [0.4, 0.5) is 15.1 Å². The average molecular weight is 574 g/mol. The van der Waals surface area contributed by atoms with Crippen molar-refractivity contribution in [1.29, 1.82) is 0 Å². The number of hydrogen-bond donors (Lipinski definition) is 2. The van der Waals surface area contributed by atoms with Crippen molar-refractivity contribution in [1.82, 2.24) is 4.31 Å². The maximum Gasteiger partial charge on any atom is 0.259 e. The molecule has 39 heavy (non-hydrogen) atoms. The fourth-order valence-electron chi connectivity index (χ4n) is 4.71. The highest BCUT2D eigenvalue weighted by Gasteiger charge is 2.30. The summed E-state index contributed by atoms with van der Waals surface area (Å²) in [6.07, 6.45) is 3.35. The van der Waals surface area contributed by atoms with Gasteiger partial charge in [-0.15, -0.1) is 11.3 Å². The Morgan fingerprint density at radius 3 is 2.44 bits per heavy atom. The number of morpholine rings is 1. The van der Waals surface area contributed by atoms with Crippen LogP contribution in [0.25, 0.3) is 0 Å². The number of nitrogens with zero attached hydrogens (tertiary/aromatic N) is 1. The summed E-state index contributed by atoms with van der Waals surface area (Å²) in [4.78, 5) is 27.5. The number of carbonyl (C=O) groups excluding carboxylic acids is 2. The Hall–Kier alpha value is -3.32. The van der Waals surface area contributed by atoms with E-state index in [9.17, 15) is 22.4 Å². The number of thiophene rings is 1. The summed E-state index contributed by atoms with van der Waals surface area (Å²) in [5.74, 6) is -1.43. The number of methoxy groups -OCH3 is 1. The van der Waals surface area contributed by atoms with Crippen molar-refractivity contribution in [3.63, 3.8) is 0 Å². The number of carbonyl (C=O) groups is 2. The molecule has 12 heteroatoms. The van der Waals surface area contributed by atoms with Crippen LogP contribution in [0.3, 0.4) is 0 Å². The first-order chi connectivity index (χ1) is 18.8. The Morgan fingerprint density at radius 2 is 1.72 bits per heavy atom. The molecular formula is C27H28FN3O6S2. The highest BCUT2D eigenvalue weighted by Crippen LogP contribution is 2.39. The van der Waals surface area contributed by atoms with Gasteiger partial charge in [-0.05, 0) is 73.7 Å². The molecule has 1 saturated heterocycles. The summed E-state index contributed by atoms with van der Waals surface area (Å²) < 4.78 is 52.6. The second-order valence-corrected chi connectivity index (χ2v) is 12.3. The standard InChI is InChI=1S/C27H28FN3O6S2/c1-36-18-8-6-17(7-9-18)29-26(33)24-20-4-2-3-5-23(20)38-27(24)30-25(32)21-16-19(10-11-22(21)28)39(34,35)31-12-14-37-15-13-31/h6-11,16H,2-5,12-15H2,1H3,(H,29,33)(H,30,32). The van der Waals surface area contributed by atoms with Gasteiger partial charge in [0.15, 0.2) is 0 Å². The van der Waals surface area contributed by atoms with Crippen LogP contribution in [-0.4, -0.2) is 58.0 Å². The first-order valence-electron chi connectivity index (χ1n) is 12.6. The van der Waals surface area contributed by atoms with Crippen molar-refractivity contribution >= 4 is 43.9 Å². The summed E-state index contributed by atoms with van der Waals surface area (Å²) in [6.45, 7) is 0.875. The highest BCUT2D eigenvalue weighted by atomic mass is 32.2. The zero-order valence-electron chi connectivity index (χ0n) is 21.3. The molecule has 0 radical (unpaired) electrons. The lowest BCUT2D eigenvalue weighted by Gasteiger charge is -2.26. The normalized spacial score (nSPS) is 15.8. The molecule has 0 spiro atoms. The van der Waals surface area contributed by atoms with Crippen molar-refractivity contribution in [2.45, 2.75) is 30.6 Å². The molecule has 0 unspecified atom stereocenters. The maximum atomic E-state index is 14.8. The second-order valence-electron chi connectivity index (χ2n) is 9.21. The quantitative estimate of drug-likeness (QED) is 0.436. The van der Waals surface area contributed by atoms with Crippen LogP contribution < -0.4 is 15.4 Å². The SMILES string of the molecule is COc1ccc(NC(=O)c2c(NC(=O)c3cc(S(=O)(=O)N4CCOCC4)ccc3F)sc3c2CCCC3)cc1. The van der Waals surface area contributed by atoms with Gasteiger partial charge in [0, 0.05) is 23.7 Å². The van der Waals surface area contributed by atoms with E-state index >= 15 is 0 Å². The minimum absolute atomic E-state index is 0.175. The van der Waals surface area contributed by atoms with Gasteiger partial charge < -0.3 is 20.1 Å². The molecule has 2 aliphatic rings. The van der Waals surface area contributed by atoms with E-state index in [0.29, 0.717) is 28.4 Å². The van der Waals surface area contributed by atoms with Crippen LogP contribution in [0.15, 0.2) is 47.4 Å². The third-order valence-corrected chi connectivity index (χ3v) is 9.87. The number of rotatable bonds is 7. The van der Waals surface area contributed by atoms with Crippen LogP contribution in [0.2, 0.25) is 0 Å². The number of hydrogen-bond acceptors (Lipinski definition) is 7. The number of sulfonamides is 1. The Morgan fingerprint density at radius 1 is 1.00 bits per heavy atom. The molecule has 5 rings (SSSR count). The largest absolute Gasteiger partial charge is 0.497 e. The first kappa shape index (κ1) is 27.3. The summed E-state index contributed by atoms with van der Waals surface area (Å²) in [5, 5.41) is 5.87. The predicted molar refractivity (Wildman–Crippen MR) is 146 cm³/mol. The molecule has 0 bridgehead atoms. The third-order valence-electron chi connectivity index (χ3n) is 6.76. The van der Waals surface area contributed by atoms with Gasteiger partial charge >= 0.3 is 0 Å². The molecule has 2 aromatic carbocycles. The molecule has 1 aromatic heterocycles. The van der Waals surface area contributed by atoms with Crippen molar-refractivity contribution in [3.05, 3.63) is 69.8 Å². The number of fused-ring (bicyclic) bond motifs is 1. The average Bonchev–Trinajstić information content (AvgIpc) is 3.31. The Balaban J connectivity index is 1.43. The Bertz CT molecular complexity index is 1500. The van der Waals surface area contributed by atoms with Gasteiger partial charge in [-0.3, -0.25) is 9.59 Å². The second kappa shape index (κ2) is 11.4. The number of halogens is 1. The minimum atomic E-state index is -3.93. The van der Waals surface area contributed by atoms with Gasteiger partial charge in [-0.25, -0.2) is 12.8 Å². The summed E-state index contributed by atoms with van der Waals surface area (Å²) in [7, 11) is -2.38. The van der Waals surface area contributed by atoms with Crippen LogP contribution in [0.5, 0.6) is 5.75 Å². The maximum absolute atomic E-state index is 14.8. The summed E-state index contributed by atoms with van der Waals surface area (Å²) in [6, 6.07) is 10.0. The van der Waals surface area contributed by atoms with Crippen LogP contribution in [-0.2, 0) is 27.6 Å². The molecule has 1 aliphatic carbocycles. The number of benzene rings is 2. The molecule has 3 aromatic rings. The molecular weight excluding hydrogens is 545 g/mol. The topological polar surface area (TPSA) is 114 Å². The zero-order chi connectivity index (χ0) is 27.6. The lowest BCUT2D eigenvalue weighted by atomic mass is 9.95. The van der Waals surface area contributed by atoms with Gasteiger partial charge in [0.1, 0.15) is 16.6 Å². The molecule has 2 N–H and O–H groups in total. The van der Waals surface area contributed by atoms with E-state index < -0.39 is 27.3 Å². The third kappa shape index (κ3) is 5.69. The smallest absolute Gasteiger partial charge is 0.259 e. The lowest BCUT2D eigenvalue weighted by Crippen LogP contribution is -2.40. The van der Waals surface area contributed by atoms with Crippen LogP contribution in [0.1, 0.15) is 44.0 Å². The molecule has 2 heterocycles. The van der Waals surface area contributed by atoms with E-state index in [4.69, 9.17) is 9.47 Å². The number of aryl methyl sites for hydroxylation is 1. The molecule has 0 saturated carbocycles. The van der Waals surface area contributed by atoms with Crippen LogP contribution in [0, 0.1) is 5.82 Å². The molecule has 206 valence electrons. The van der Waals surface area contributed by atoms with E-state index in [1.165, 1.54) is 15.6 Å². The lowest BCUT2D eigenvalue weighted by molar-refractivity contribution is 0.0730. The highest BCUT2D eigenvalue weighted by molar-refractivity contribution is 7.89. The number of anilines is 2. The predicted octanol–water partition coefficient (Wildman–Crippen LogP) is 4.30. The van der Waals surface area contributed by atoms with E-state index in [0.717, 1.165) is 47.9 Å². The van der Waals surface area contributed by atoms with Crippen molar-refractivity contribution in [2.24, 2.45) is 0 Å². The van der Waals surface area contributed by atoms with Gasteiger partial charge in [-0.1, -0.05) is 0 Å². The fraction of sp³-hybridized carbons (Fsp3) is 0.333. The molecule has 9 nitrogen and oxygen atoms in total. The first-order valence-corrected chi connectivity index (χ1v) is 14.8. The van der Waals surface area contributed by atoms with E-state index in [-0.39, 0.29) is 37.1 Å². The van der Waals surface area contributed by atoms with E-state index in [1.807, 2.05) is 0 Å². The molecule has 0 atom stereocenters. The van der Waals surface area contributed by atoms with Gasteiger partial charge in [0.25, 0.3) is 11.8 Å². The van der Waals surface area contributed by atoms with Crippen molar-refractivity contribution in [2.75, 3.05) is 44.0 Å². The molecule has 1 aliphatic heterocycles. The van der Waals surface area contributed by atoms with Gasteiger partial charge in [0.2, 0.25) is 10.0 Å². The molecule has 1 fully saturated rings. The van der Waals surface area contributed by atoms with Gasteiger partial charge in [0.05, 0.1) is 36.3 Å². The number of ether oxygens (including phenoxy) is 2. The Labute approximate surface area is 230 Å². The summed E-state index contributed by atoms with van der Waals surface area (Å²) in [5.41, 5.74) is 1.35. The molecule has 2 amide bonds. The van der Waals surface area contributed by atoms with E-state index in [2.05, 4.69) is 10.6 Å². The number of amides is 2. The zero-order valence-corrected chi connectivity index (χ0v) is 22.9. The van der Waals surface area contributed by atoms with Crippen molar-refractivity contribution in [3.8, 4) is 5.75 Å². The monoisotopic (exact) mass is 573 g/mol. The van der Waals surface area contributed by atoms with Crippen LogP contribution >= 0.6 is 11.3 Å². The van der Waals surface area contributed by atoms with Gasteiger partial charge in [-0.2, -0.15) is 4.31 Å². The summed E-state index contributed by atoms with van der Waals surface area (Å²) >= 11 is 1.29. The Kier molecular flexibility index (Phi) is 7.98. The van der Waals surface area contributed by atoms with E-state index in [1.54, 1.807) is 31.4 Å².